The Morgan fingerprint density at radius 3 is 2.61 bits per heavy atom. The predicted octanol–water partition coefficient (Wildman–Crippen LogP) is 4.90. The predicted molar refractivity (Wildman–Crippen MR) is 123 cm³/mol. The number of pyridine rings is 2. The van der Waals surface area contributed by atoms with Crippen molar-refractivity contribution in [1.29, 1.82) is 0 Å². The van der Waals surface area contributed by atoms with Gasteiger partial charge >= 0.3 is 6.18 Å². The number of anilines is 1. The number of hydrogen-bond acceptors (Lipinski definition) is 7. The highest BCUT2D eigenvalue weighted by molar-refractivity contribution is 7.19. The molecule has 1 aromatic carbocycles. The summed E-state index contributed by atoms with van der Waals surface area (Å²) in [6.45, 7) is 0.748. The van der Waals surface area contributed by atoms with E-state index in [1.807, 2.05) is 18.2 Å². The molecule has 3 N–H and O–H groups in total. The Morgan fingerprint density at radius 2 is 1.88 bits per heavy atom. The summed E-state index contributed by atoms with van der Waals surface area (Å²) in [6, 6.07) is 10.5. The highest BCUT2D eigenvalue weighted by atomic mass is 32.1. The van der Waals surface area contributed by atoms with Gasteiger partial charge in [-0.15, -0.1) is 0 Å². The number of thiazole rings is 1. The topological polar surface area (TPSA) is 86.0 Å². The van der Waals surface area contributed by atoms with Gasteiger partial charge in [0.05, 0.1) is 34.0 Å². The molecule has 0 aliphatic carbocycles. The van der Waals surface area contributed by atoms with Crippen LogP contribution in [0.1, 0.15) is 16.8 Å². The smallest absolute Gasteiger partial charge is 0.378 e. The molecular weight excluding hydrogens is 451 g/mol. The quantitative estimate of drug-likeness (QED) is 0.379. The van der Waals surface area contributed by atoms with E-state index in [2.05, 4.69) is 15.3 Å². The zero-order chi connectivity index (χ0) is 23.4. The van der Waals surface area contributed by atoms with Crippen LogP contribution in [0, 0.1) is 0 Å². The lowest BCUT2D eigenvalue weighted by Crippen LogP contribution is -2.31. The molecule has 172 valence electrons. The summed E-state index contributed by atoms with van der Waals surface area (Å²) >= 11 is 1.45. The number of aromatic nitrogens is 3. The molecule has 33 heavy (non-hydrogen) atoms. The van der Waals surface area contributed by atoms with E-state index in [9.17, 15) is 13.2 Å². The minimum Gasteiger partial charge on any atom is -0.378 e. The fourth-order valence-electron chi connectivity index (χ4n) is 3.38. The van der Waals surface area contributed by atoms with Crippen LogP contribution in [0.5, 0.6) is 0 Å². The van der Waals surface area contributed by atoms with Gasteiger partial charge in [0.1, 0.15) is 0 Å². The Labute approximate surface area is 192 Å². The van der Waals surface area contributed by atoms with Gasteiger partial charge in [-0.2, -0.15) is 13.2 Å². The van der Waals surface area contributed by atoms with E-state index in [-0.39, 0.29) is 6.04 Å². The number of nitrogens with zero attached hydrogens (tertiary/aromatic N) is 3. The molecule has 0 unspecified atom stereocenters. The molecule has 0 aliphatic heterocycles. The monoisotopic (exact) mass is 473 g/mol. The first-order valence-corrected chi connectivity index (χ1v) is 11.0. The van der Waals surface area contributed by atoms with Crippen LogP contribution in [0.4, 0.5) is 18.3 Å². The van der Waals surface area contributed by atoms with Gasteiger partial charge < -0.3 is 15.8 Å². The number of halogens is 3. The fraction of sp³-hybridized carbons (Fsp3) is 0.261. The third-order valence-corrected chi connectivity index (χ3v) is 6.07. The van der Waals surface area contributed by atoms with Crippen LogP contribution in [0.3, 0.4) is 0 Å². The van der Waals surface area contributed by atoms with Crippen molar-refractivity contribution in [1.82, 2.24) is 15.0 Å². The number of fused-ring (bicyclic) bond motifs is 1. The second-order valence-electron chi connectivity index (χ2n) is 7.53. The molecular formula is C23H22F3N5OS. The molecule has 0 fully saturated rings. The van der Waals surface area contributed by atoms with E-state index in [1.54, 1.807) is 19.5 Å². The zero-order valence-corrected chi connectivity index (χ0v) is 18.6. The number of methoxy groups -OCH3 is 1. The summed E-state index contributed by atoms with van der Waals surface area (Å²) in [4.78, 5) is 14.4. The van der Waals surface area contributed by atoms with Gasteiger partial charge in [-0.1, -0.05) is 23.5 Å². The van der Waals surface area contributed by atoms with Gasteiger partial charge in [0.15, 0.2) is 5.13 Å². The summed E-state index contributed by atoms with van der Waals surface area (Å²) in [5, 5.41) is 4.86. The molecule has 4 rings (SSSR count). The molecule has 0 saturated carbocycles. The Hall–Kier alpha value is -3.08. The van der Waals surface area contributed by atoms with E-state index >= 15 is 0 Å². The van der Waals surface area contributed by atoms with Gasteiger partial charge in [-0.25, -0.2) is 9.97 Å². The maximum atomic E-state index is 12.7. The largest absolute Gasteiger partial charge is 0.416 e. The number of nitrogens with two attached hydrogens (primary N) is 1. The van der Waals surface area contributed by atoms with Gasteiger partial charge in [0.25, 0.3) is 0 Å². The summed E-state index contributed by atoms with van der Waals surface area (Å²) < 4.78 is 43.5. The number of benzene rings is 1. The molecule has 6 nitrogen and oxygen atoms in total. The highest BCUT2D eigenvalue weighted by Gasteiger charge is 2.30. The van der Waals surface area contributed by atoms with Crippen molar-refractivity contribution >= 4 is 27.4 Å². The molecule has 0 radical (unpaired) electrons. The maximum Gasteiger partial charge on any atom is 0.416 e. The first-order valence-electron chi connectivity index (χ1n) is 10.2. The molecule has 1 atom stereocenters. The maximum absolute atomic E-state index is 12.7. The van der Waals surface area contributed by atoms with E-state index in [0.717, 1.165) is 44.9 Å². The van der Waals surface area contributed by atoms with Crippen LogP contribution in [0.15, 0.2) is 54.9 Å². The molecule has 3 heterocycles. The standard InChI is InChI=1S/C23H22F3N5OS/c1-32-13-20-21(19-7-4-15-11-28-9-8-18(15)30-19)33-22(31-20)29-12-17(27)10-14-2-5-16(6-3-14)23(24,25)26/h2-9,11,17H,10,12-13,27H2,1H3,(H,29,31)/t17-/m1/s1. The lowest BCUT2D eigenvalue weighted by atomic mass is 10.0. The Kier molecular flexibility index (Phi) is 6.87. The van der Waals surface area contributed by atoms with Crippen LogP contribution < -0.4 is 11.1 Å². The molecule has 0 spiro atoms. The molecule has 0 bridgehead atoms. The summed E-state index contributed by atoms with van der Waals surface area (Å²) in [7, 11) is 1.61. The normalized spacial score (nSPS) is 12.8. The Morgan fingerprint density at radius 1 is 1.09 bits per heavy atom. The second kappa shape index (κ2) is 9.82. The number of alkyl halides is 3. The molecule has 0 aliphatic rings. The van der Waals surface area contributed by atoms with Gasteiger partial charge in [-0.3, -0.25) is 4.98 Å². The fourth-order valence-corrected chi connectivity index (χ4v) is 4.32. The van der Waals surface area contributed by atoms with Crippen LogP contribution in [0.25, 0.3) is 21.5 Å². The van der Waals surface area contributed by atoms with E-state index < -0.39 is 11.7 Å². The number of rotatable bonds is 8. The van der Waals surface area contributed by atoms with Crippen molar-refractivity contribution in [3.63, 3.8) is 0 Å². The second-order valence-corrected chi connectivity index (χ2v) is 8.53. The van der Waals surface area contributed by atoms with Crippen LogP contribution in [0.2, 0.25) is 0 Å². The summed E-state index contributed by atoms with van der Waals surface area (Å²) in [5.74, 6) is 0. The first kappa shape index (κ1) is 23.1. The molecule has 0 saturated heterocycles. The van der Waals surface area contributed by atoms with E-state index in [4.69, 9.17) is 15.5 Å². The van der Waals surface area contributed by atoms with Crippen molar-refractivity contribution in [2.45, 2.75) is 25.2 Å². The summed E-state index contributed by atoms with van der Waals surface area (Å²) in [5.41, 5.74) is 8.68. The minimum absolute atomic E-state index is 0.300. The van der Waals surface area contributed by atoms with Crippen molar-refractivity contribution in [2.75, 3.05) is 19.0 Å². The van der Waals surface area contributed by atoms with E-state index in [1.165, 1.54) is 23.5 Å². The SMILES string of the molecule is COCc1nc(NC[C@H](N)Cc2ccc(C(F)(F)F)cc2)sc1-c1ccc2cnccc2n1. The lowest BCUT2D eigenvalue weighted by molar-refractivity contribution is -0.137. The number of nitrogens with one attached hydrogen (secondary N) is 1. The number of ether oxygens (including phenoxy) is 1. The minimum atomic E-state index is -4.35. The van der Waals surface area contributed by atoms with Crippen molar-refractivity contribution in [2.24, 2.45) is 5.73 Å². The van der Waals surface area contributed by atoms with Crippen molar-refractivity contribution < 1.29 is 17.9 Å². The van der Waals surface area contributed by atoms with E-state index in [0.29, 0.717) is 24.7 Å². The average Bonchev–Trinajstić information content (AvgIpc) is 3.20. The highest BCUT2D eigenvalue weighted by Crippen LogP contribution is 2.33. The third kappa shape index (κ3) is 5.65. The third-order valence-electron chi connectivity index (χ3n) is 5.00. The van der Waals surface area contributed by atoms with Gasteiger partial charge in [0, 0.05) is 37.5 Å². The van der Waals surface area contributed by atoms with Gasteiger partial charge in [-0.05, 0) is 42.3 Å². The van der Waals surface area contributed by atoms with Crippen molar-refractivity contribution in [3.8, 4) is 10.6 Å². The Balaban J connectivity index is 1.44. The van der Waals surface area contributed by atoms with Crippen LogP contribution in [-0.2, 0) is 23.9 Å². The lowest BCUT2D eigenvalue weighted by Gasteiger charge is -2.13. The zero-order valence-electron chi connectivity index (χ0n) is 17.8. The summed E-state index contributed by atoms with van der Waals surface area (Å²) in [6.07, 6.45) is -0.442. The first-order chi connectivity index (χ1) is 15.8. The van der Waals surface area contributed by atoms with Crippen LogP contribution >= 0.6 is 11.3 Å². The molecule has 0 amide bonds. The van der Waals surface area contributed by atoms with Crippen LogP contribution in [-0.4, -0.2) is 34.6 Å². The van der Waals surface area contributed by atoms with Gasteiger partial charge in [0.2, 0.25) is 0 Å². The number of hydrogen-bond donors (Lipinski definition) is 2. The molecule has 3 aromatic heterocycles. The molecule has 4 aromatic rings. The average molecular weight is 474 g/mol. The van der Waals surface area contributed by atoms with Crippen molar-refractivity contribution in [3.05, 3.63) is 71.7 Å². The Bertz CT molecular complexity index is 1230. The molecule has 10 heteroatoms.